The van der Waals surface area contributed by atoms with Crippen LogP contribution in [0, 0.1) is 5.92 Å². The van der Waals surface area contributed by atoms with Crippen molar-refractivity contribution in [3.8, 4) is 0 Å². The summed E-state index contributed by atoms with van der Waals surface area (Å²) in [6, 6.07) is 17.1. The molecule has 0 N–H and O–H groups in total. The Balaban J connectivity index is 1.66. The Bertz CT molecular complexity index is 850. The summed E-state index contributed by atoms with van der Waals surface area (Å²) in [5, 5.41) is 0. The Morgan fingerprint density at radius 3 is 1.97 bits per heavy atom. The number of hydrogen-bond acceptors (Lipinski definition) is 7. The van der Waals surface area contributed by atoms with Gasteiger partial charge in [-0.15, -0.1) is 0 Å². The van der Waals surface area contributed by atoms with Crippen molar-refractivity contribution < 1.29 is 33.3 Å². The lowest BCUT2D eigenvalue weighted by Gasteiger charge is -2.21. The van der Waals surface area contributed by atoms with E-state index in [1.807, 2.05) is 0 Å². The summed E-state index contributed by atoms with van der Waals surface area (Å²) in [6.07, 6.45) is -2.50. The molecule has 152 valence electrons. The summed E-state index contributed by atoms with van der Waals surface area (Å²) in [7, 11) is 0. The molecule has 1 saturated heterocycles. The van der Waals surface area contributed by atoms with Crippen LogP contribution in [0.3, 0.4) is 0 Å². The van der Waals surface area contributed by atoms with Crippen molar-refractivity contribution >= 4 is 17.9 Å². The van der Waals surface area contributed by atoms with Gasteiger partial charge >= 0.3 is 17.9 Å². The minimum atomic E-state index is -1.07. The van der Waals surface area contributed by atoms with Crippen molar-refractivity contribution in [1.29, 1.82) is 0 Å². The lowest BCUT2D eigenvalue weighted by molar-refractivity contribution is -0.187. The maximum Gasteiger partial charge on any atom is 0.338 e. The van der Waals surface area contributed by atoms with Gasteiger partial charge in [-0.05, 0) is 24.3 Å². The zero-order valence-electron chi connectivity index (χ0n) is 16.1. The summed E-state index contributed by atoms with van der Waals surface area (Å²) in [6.45, 7) is 2.96. The van der Waals surface area contributed by atoms with Crippen LogP contribution in [0.4, 0.5) is 0 Å². The molecule has 7 heteroatoms. The molecule has 2 aromatic rings. The third kappa shape index (κ3) is 5.20. The first kappa shape index (κ1) is 20.5. The summed E-state index contributed by atoms with van der Waals surface area (Å²) in [4.78, 5) is 36.0. The van der Waals surface area contributed by atoms with Gasteiger partial charge in [0.15, 0.2) is 6.10 Å². The molecule has 0 saturated carbocycles. The van der Waals surface area contributed by atoms with E-state index < -0.39 is 36.4 Å². The highest BCUT2D eigenvalue weighted by molar-refractivity contribution is 5.89. The molecule has 1 aliphatic rings. The van der Waals surface area contributed by atoms with Gasteiger partial charge in [-0.3, -0.25) is 4.79 Å². The second-order valence-corrected chi connectivity index (χ2v) is 6.71. The summed E-state index contributed by atoms with van der Waals surface area (Å²) in [5.74, 6) is -1.97. The monoisotopic (exact) mass is 398 g/mol. The number of ether oxygens (including phenoxy) is 4. The summed E-state index contributed by atoms with van der Waals surface area (Å²) < 4.78 is 21.8. The zero-order chi connectivity index (χ0) is 20.8. The normalized spacial score (nSPS) is 23.2. The third-order valence-corrected chi connectivity index (χ3v) is 4.60. The fourth-order valence-corrected chi connectivity index (χ4v) is 3.03. The van der Waals surface area contributed by atoms with Crippen molar-refractivity contribution in [1.82, 2.24) is 0 Å². The van der Waals surface area contributed by atoms with Crippen LogP contribution in [-0.4, -0.2) is 43.0 Å². The smallest absolute Gasteiger partial charge is 0.338 e. The molecule has 4 unspecified atom stereocenters. The highest BCUT2D eigenvalue weighted by Gasteiger charge is 2.47. The SMILES string of the molecule is CC(=O)OC1OC(COC(=O)c2ccccc2)C(C)C1OC(=O)c1ccccc1. The Morgan fingerprint density at radius 2 is 1.41 bits per heavy atom. The first-order valence-corrected chi connectivity index (χ1v) is 9.26. The topological polar surface area (TPSA) is 88.1 Å². The maximum atomic E-state index is 12.4. The first-order chi connectivity index (χ1) is 14.0. The van der Waals surface area contributed by atoms with Crippen molar-refractivity contribution in [3.63, 3.8) is 0 Å². The van der Waals surface area contributed by atoms with Crippen LogP contribution < -0.4 is 0 Å². The predicted molar refractivity (Wildman–Crippen MR) is 102 cm³/mol. The molecule has 2 aromatic carbocycles. The number of benzene rings is 2. The van der Waals surface area contributed by atoms with Gasteiger partial charge in [-0.2, -0.15) is 0 Å². The molecule has 29 heavy (non-hydrogen) atoms. The van der Waals surface area contributed by atoms with Crippen LogP contribution in [0.2, 0.25) is 0 Å². The van der Waals surface area contributed by atoms with Gasteiger partial charge in [-0.25, -0.2) is 9.59 Å². The first-order valence-electron chi connectivity index (χ1n) is 9.26. The molecule has 0 bridgehead atoms. The molecule has 0 aliphatic carbocycles. The Hall–Kier alpha value is -3.19. The van der Waals surface area contributed by atoms with Crippen molar-refractivity contribution in [2.75, 3.05) is 6.61 Å². The van der Waals surface area contributed by atoms with Crippen molar-refractivity contribution in [3.05, 3.63) is 71.8 Å². The van der Waals surface area contributed by atoms with E-state index in [4.69, 9.17) is 18.9 Å². The summed E-state index contributed by atoms with van der Waals surface area (Å²) in [5.41, 5.74) is 0.793. The van der Waals surface area contributed by atoms with E-state index in [9.17, 15) is 14.4 Å². The molecule has 0 amide bonds. The van der Waals surface area contributed by atoms with Crippen molar-refractivity contribution in [2.24, 2.45) is 5.92 Å². The molecule has 1 aliphatic heterocycles. The maximum absolute atomic E-state index is 12.4. The fraction of sp³-hybridized carbons (Fsp3) is 0.318. The van der Waals surface area contributed by atoms with Crippen molar-refractivity contribution in [2.45, 2.75) is 32.3 Å². The number of hydrogen-bond donors (Lipinski definition) is 0. The average molecular weight is 398 g/mol. The molecule has 4 atom stereocenters. The minimum Gasteiger partial charge on any atom is -0.459 e. The lowest BCUT2D eigenvalue weighted by atomic mass is 10.0. The van der Waals surface area contributed by atoms with Gasteiger partial charge in [0, 0.05) is 12.8 Å². The zero-order valence-corrected chi connectivity index (χ0v) is 16.1. The van der Waals surface area contributed by atoms with E-state index in [1.54, 1.807) is 67.6 Å². The second kappa shape index (κ2) is 9.34. The molecule has 0 radical (unpaired) electrons. The Kier molecular flexibility index (Phi) is 6.61. The van der Waals surface area contributed by atoms with Gasteiger partial charge < -0.3 is 18.9 Å². The van der Waals surface area contributed by atoms with Crippen LogP contribution in [-0.2, 0) is 23.7 Å². The number of carbonyl (C=O) groups is 3. The highest BCUT2D eigenvalue weighted by atomic mass is 16.7. The molecular formula is C22H22O7. The van der Waals surface area contributed by atoms with E-state index >= 15 is 0 Å². The standard InChI is InChI=1S/C22H22O7/c1-14-18(13-26-20(24)16-9-5-3-6-10-16)28-22(27-15(2)23)19(14)29-21(25)17-11-7-4-8-12-17/h3-12,14,18-19,22H,13H2,1-2H3. The van der Waals surface area contributed by atoms with Gasteiger partial charge in [0.2, 0.25) is 6.29 Å². The third-order valence-electron chi connectivity index (χ3n) is 4.60. The minimum absolute atomic E-state index is 0.0634. The van der Waals surface area contributed by atoms with Crippen LogP contribution >= 0.6 is 0 Å². The molecule has 0 spiro atoms. The van der Waals surface area contributed by atoms with Gasteiger partial charge in [0.05, 0.1) is 11.1 Å². The van der Waals surface area contributed by atoms with Gasteiger partial charge in [0.25, 0.3) is 0 Å². The van der Waals surface area contributed by atoms with Crippen LogP contribution in [0.25, 0.3) is 0 Å². The Morgan fingerprint density at radius 1 is 0.862 bits per heavy atom. The number of rotatable bonds is 6. The molecule has 1 heterocycles. The number of esters is 3. The van der Waals surface area contributed by atoms with E-state index in [0.29, 0.717) is 11.1 Å². The van der Waals surface area contributed by atoms with E-state index in [2.05, 4.69) is 0 Å². The van der Waals surface area contributed by atoms with Crippen LogP contribution in [0.5, 0.6) is 0 Å². The number of carbonyl (C=O) groups excluding carboxylic acids is 3. The van der Waals surface area contributed by atoms with Gasteiger partial charge in [-0.1, -0.05) is 43.3 Å². The summed E-state index contributed by atoms with van der Waals surface area (Å²) >= 11 is 0. The fourth-order valence-electron chi connectivity index (χ4n) is 3.03. The molecule has 1 fully saturated rings. The second-order valence-electron chi connectivity index (χ2n) is 6.71. The lowest BCUT2D eigenvalue weighted by Crippen LogP contribution is -2.34. The quantitative estimate of drug-likeness (QED) is 0.546. The highest BCUT2D eigenvalue weighted by Crippen LogP contribution is 2.31. The molecule has 3 rings (SSSR count). The van der Waals surface area contributed by atoms with Crippen LogP contribution in [0.1, 0.15) is 34.6 Å². The predicted octanol–water partition coefficient (Wildman–Crippen LogP) is 2.99. The van der Waals surface area contributed by atoms with Gasteiger partial charge in [0.1, 0.15) is 12.7 Å². The largest absolute Gasteiger partial charge is 0.459 e. The van der Waals surface area contributed by atoms with E-state index in [0.717, 1.165) is 0 Å². The average Bonchev–Trinajstić information content (AvgIpc) is 3.01. The van der Waals surface area contributed by atoms with E-state index in [-0.39, 0.29) is 12.5 Å². The molecular weight excluding hydrogens is 376 g/mol. The molecule has 7 nitrogen and oxygen atoms in total. The van der Waals surface area contributed by atoms with E-state index in [1.165, 1.54) is 6.92 Å². The van der Waals surface area contributed by atoms with Crippen LogP contribution in [0.15, 0.2) is 60.7 Å². The molecule has 0 aromatic heterocycles. The Labute approximate surface area is 168 Å².